The summed E-state index contributed by atoms with van der Waals surface area (Å²) in [5.74, 6) is 3.05. The van der Waals surface area contributed by atoms with Gasteiger partial charge < -0.3 is 0 Å². The normalized spacial score (nSPS) is 11.6. The van der Waals surface area contributed by atoms with Gasteiger partial charge in [-0.15, -0.1) is 5.54 Å². The van der Waals surface area contributed by atoms with Crippen molar-refractivity contribution in [2.45, 2.75) is 19.6 Å². The van der Waals surface area contributed by atoms with Gasteiger partial charge in [-0.05, 0) is 18.2 Å². The highest BCUT2D eigenvalue weighted by Crippen LogP contribution is 2.21. The van der Waals surface area contributed by atoms with Crippen LogP contribution in [0.3, 0.4) is 0 Å². The Morgan fingerprint density at radius 3 is 2.33 bits per heavy atom. The number of rotatable bonds is 2. The highest BCUT2D eigenvalue weighted by Gasteiger charge is 2.08. The minimum absolute atomic E-state index is 0.445. The zero-order chi connectivity index (χ0) is 14.0. The number of nitrogens with one attached hydrogen (secondary N) is 1. The molecular formula is C12H16ClNO2SSi. The fraction of sp³-hybridized carbons (Fsp3) is 0.333. The molecule has 0 aliphatic carbocycles. The molecule has 0 aliphatic rings. The number of hydrogen-bond acceptors (Lipinski definition) is 2. The van der Waals surface area contributed by atoms with Crippen molar-refractivity contribution in [3.63, 3.8) is 0 Å². The summed E-state index contributed by atoms with van der Waals surface area (Å²) in [5.41, 5.74) is 4.38. The monoisotopic (exact) mass is 301 g/mol. The lowest BCUT2D eigenvalue weighted by molar-refractivity contribution is 0.607. The molecule has 0 spiro atoms. The van der Waals surface area contributed by atoms with Crippen LogP contribution in [0.4, 0.5) is 5.69 Å². The maximum absolute atomic E-state index is 11.1. The van der Waals surface area contributed by atoms with Gasteiger partial charge in [0.1, 0.15) is 8.07 Å². The van der Waals surface area contributed by atoms with Gasteiger partial charge in [0, 0.05) is 5.56 Å². The molecule has 0 unspecified atom stereocenters. The maximum Gasteiger partial charge on any atom is 0.229 e. The van der Waals surface area contributed by atoms with E-state index in [1.165, 1.54) is 0 Å². The van der Waals surface area contributed by atoms with Crippen molar-refractivity contribution in [2.75, 3.05) is 11.0 Å². The van der Waals surface area contributed by atoms with E-state index in [1.807, 2.05) is 0 Å². The standard InChI is InChI=1S/C12H16ClNO2SSi/c1-17(15,16)14-11-6-5-10(12(13)9-11)7-8-18(2,3)4/h5-6,9,14H,1-4H3. The molecule has 0 aromatic heterocycles. The highest BCUT2D eigenvalue weighted by molar-refractivity contribution is 7.92. The van der Waals surface area contributed by atoms with E-state index < -0.39 is 18.1 Å². The third-order valence-electron chi connectivity index (χ3n) is 1.84. The minimum atomic E-state index is -3.28. The van der Waals surface area contributed by atoms with Gasteiger partial charge in [-0.25, -0.2) is 8.42 Å². The summed E-state index contributed by atoms with van der Waals surface area (Å²) in [4.78, 5) is 0. The zero-order valence-electron chi connectivity index (χ0n) is 10.8. The first-order valence-corrected chi connectivity index (χ1v) is 11.1. The average molecular weight is 302 g/mol. The van der Waals surface area contributed by atoms with E-state index >= 15 is 0 Å². The summed E-state index contributed by atoms with van der Waals surface area (Å²) in [6.45, 7) is 6.44. The molecule has 1 aromatic rings. The van der Waals surface area contributed by atoms with E-state index in [9.17, 15) is 8.42 Å². The third kappa shape index (κ3) is 5.58. The summed E-state index contributed by atoms with van der Waals surface area (Å²) in [7, 11) is -4.73. The molecule has 0 amide bonds. The Labute approximate surface area is 115 Å². The van der Waals surface area contributed by atoms with Crippen LogP contribution in [-0.2, 0) is 10.0 Å². The Kier molecular flexibility index (Phi) is 4.49. The summed E-state index contributed by atoms with van der Waals surface area (Å²) < 4.78 is 24.5. The molecule has 1 rings (SSSR count). The number of anilines is 1. The van der Waals surface area contributed by atoms with Gasteiger partial charge in [-0.3, -0.25) is 4.72 Å². The predicted octanol–water partition coefficient (Wildman–Crippen LogP) is 2.94. The van der Waals surface area contributed by atoms with Gasteiger partial charge in [-0.2, -0.15) is 0 Å². The van der Waals surface area contributed by atoms with Gasteiger partial charge in [0.15, 0.2) is 0 Å². The van der Waals surface area contributed by atoms with E-state index in [0.717, 1.165) is 11.8 Å². The molecule has 0 bridgehead atoms. The average Bonchev–Trinajstić information content (AvgIpc) is 2.12. The van der Waals surface area contributed by atoms with Crippen molar-refractivity contribution in [1.29, 1.82) is 0 Å². The van der Waals surface area contributed by atoms with Crippen LogP contribution in [-0.4, -0.2) is 22.7 Å². The Bertz CT molecular complexity index is 609. The molecule has 98 valence electrons. The SMILES string of the molecule is C[Si](C)(C)C#Cc1ccc(NS(C)(=O)=O)cc1Cl. The molecule has 0 saturated carbocycles. The van der Waals surface area contributed by atoms with Crippen LogP contribution < -0.4 is 4.72 Å². The topological polar surface area (TPSA) is 46.2 Å². The van der Waals surface area contributed by atoms with Crippen molar-refractivity contribution >= 4 is 35.4 Å². The van der Waals surface area contributed by atoms with Crippen LogP contribution in [0.5, 0.6) is 0 Å². The maximum atomic E-state index is 11.1. The zero-order valence-corrected chi connectivity index (χ0v) is 13.4. The number of hydrogen-bond donors (Lipinski definition) is 1. The van der Waals surface area contributed by atoms with Gasteiger partial charge in [0.25, 0.3) is 0 Å². The summed E-state index contributed by atoms with van der Waals surface area (Å²) in [5, 5.41) is 0.453. The van der Waals surface area contributed by atoms with Crippen LogP contribution in [0.1, 0.15) is 5.56 Å². The minimum Gasteiger partial charge on any atom is -0.284 e. The number of halogens is 1. The van der Waals surface area contributed by atoms with E-state index in [0.29, 0.717) is 10.7 Å². The lowest BCUT2D eigenvalue weighted by Crippen LogP contribution is -2.16. The first kappa shape index (κ1) is 15.1. The molecule has 0 fully saturated rings. The second kappa shape index (κ2) is 5.35. The second-order valence-corrected chi connectivity index (χ2v) is 12.0. The lowest BCUT2D eigenvalue weighted by atomic mass is 10.2. The van der Waals surface area contributed by atoms with Crippen molar-refractivity contribution in [2.24, 2.45) is 0 Å². The second-order valence-electron chi connectivity index (χ2n) is 5.07. The van der Waals surface area contributed by atoms with Gasteiger partial charge in [-0.1, -0.05) is 37.2 Å². The van der Waals surface area contributed by atoms with Crippen LogP contribution in [0, 0.1) is 11.5 Å². The predicted molar refractivity (Wildman–Crippen MR) is 80.1 cm³/mol. The quantitative estimate of drug-likeness (QED) is 0.674. The van der Waals surface area contributed by atoms with Crippen molar-refractivity contribution in [3.8, 4) is 11.5 Å². The molecule has 18 heavy (non-hydrogen) atoms. The van der Waals surface area contributed by atoms with Crippen molar-refractivity contribution in [1.82, 2.24) is 0 Å². The molecule has 1 aromatic carbocycles. The third-order valence-corrected chi connectivity index (χ3v) is 3.64. The molecule has 0 radical (unpaired) electrons. The van der Waals surface area contributed by atoms with Crippen molar-refractivity contribution < 1.29 is 8.42 Å². The van der Waals surface area contributed by atoms with Crippen LogP contribution in [0.2, 0.25) is 24.7 Å². The van der Waals surface area contributed by atoms with E-state index in [1.54, 1.807) is 18.2 Å². The van der Waals surface area contributed by atoms with Crippen LogP contribution in [0.15, 0.2) is 18.2 Å². The molecule has 0 saturated heterocycles. The number of benzene rings is 1. The molecular weight excluding hydrogens is 286 g/mol. The largest absolute Gasteiger partial charge is 0.284 e. The van der Waals surface area contributed by atoms with E-state index in [-0.39, 0.29) is 0 Å². The fourth-order valence-corrected chi connectivity index (χ4v) is 2.44. The Hall–Kier alpha value is -0.963. The summed E-state index contributed by atoms with van der Waals surface area (Å²) in [6.07, 6.45) is 1.10. The van der Waals surface area contributed by atoms with E-state index in [2.05, 4.69) is 35.8 Å². The Morgan fingerprint density at radius 2 is 1.89 bits per heavy atom. The van der Waals surface area contributed by atoms with Gasteiger partial charge >= 0.3 is 0 Å². The Balaban J connectivity index is 3.03. The molecule has 0 heterocycles. The van der Waals surface area contributed by atoms with Crippen LogP contribution in [0.25, 0.3) is 0 Å². The lowest BCUT2D eigenvalue weighted by Gasteiger charge is -2.06. The molecule has 3 nitrogen and oxygen atoms in total. The summed E-state index contributed by atoms with van der Waals surface area (Å²) in [6, 6.07) is 4.95. The molecule has 6 heteroatoms. The molecule has 0 aliphatic heterocycles. The first-order valence-electron chi connectivity index (χ1n) is 5.37. The van der Waals surface area contributed by atoms with Crippen molar-refractivity contribution in [3.05, 3.63) is 28.8 Å². The summed E-state index contributed by atoms with van der Waals surface area (Å²) >= 11 is 6.07. The van der Waals surface area contributed by atoms with E-state index in [4.69, 9.17) is 11.6 Å². The van der Waals surface area contributed by atoms with Crippen LogP contribution >= 0.6 is 11.6 Å². The van der Waals surface area contributed by atoms with Gasteiger partial charge in [0.05, 0.1) is 17.0 Å². The molecule has 0 atom stereocenters. The smallest absolute Gasteiger partial charge is 0.229 e. The highest BCUT2D eigenvalue weighted by atomic mass is 35.5. The first-order chi connectivity index (χ1) is 8.07. The number of sulfonamides is 1. The fourth-order valence-electron chi connectivity index (χ4n) is 1.15. The van der Waals surface area contributed by atoms with Gasteiger partial charge in [0.2, 0.25) is 10.0 Å². The Morgan fingerprint density at radius 1 is 1.28 bits per heavy atom. The molecule has 1 N–H and O–H groups in total.